The minimum absolute atomic E-state index is 0.0473. The summed E-state index contributed by atoms with van der Waals surface area (Å²) in [7, 11) is -1.98. The van der Waals surface area contributed by atoms with E-state index >= 15 is 0 Å². The fraction of sp³-hybridized carbons (Fsp3) is 0.491. The number of carbonyl (C=O) groups is 4. The van der Waals surface area contributed by atoms with Crippen LogP contribution in [0, 0.1) is 0 Å². The van der Waals surface area contributed by atoms with E-state index in [9.17, 15) is 24.3 Å². The zero-order valence-electron chi connectivity index (χ0n) is 43.0. The maximum Gasteiger partial charge on any atom is 0.305 e. The summed E-state index contributed by atoms with van der Waals surface area (Å²) in [6.07, 6.45) is -10.9. The molecular formula is C55H68Cl3NO15Si. The van der Waals surface area contributed by atoms with Crippen LogP contribution < -0.4 is 15.7 Å². The van der Waals surface area contributed by atoms with Crippen LogP contribution in [0.2, 0.25) is 5.04 Å². The minimum Gasteiger partial charge on any atom is -0.469 e. The average Bonchev–Trinajstić information content (AvgIpc) is 3.38. The van der Waals surface area contributed by atoms with Crippen LogP contribution in [0.1, 0.15) is 71.4 Å². The molecule has 0 aliphatic carbocycles. The number of aliphatic hydroxyl groups excluding tert-OH is 1. The van der Waals surface area contributed by atoms with Gasteiger partial charge in [-0.3, -0.25) is 19.2 Å². The molecule has 10 atom stereocenters. The van der Waals surface area contributed by atoms with E-state index in [1.165, 1.54) is 14.0 Å². The molecule has 2 N–H and O–H groups in total. The second-order valence-electron chi connectivity index (χ2n) is 19.3. The van der Waals surface area contributed by atoms with Crippen LogP contribution in [0.25, 0.3) is 0 Å². The van der Waals surface area contributed by atoms with Crippen molar-refractivity contribution in [3.8, 4) is 0 Å². The summed E-state index contributed by atoms with van der Waals surface area (Å²) in [5, 5.41) is 16.6. The highest BCUT2D eigenvalue weighted by Gasteiger charge is 2.57. The molecule has 16 nitrogen and oxygen atoms in total. The van der Waals surface area contributed by atoms with Gasteiger partial charge < -0.3 is 57.5 Å². The van der Waals surface area contributed by atoms with Gasteiger partial charge in [0.2, 0.25) is 0 Å². The van der Waals surface area contributed by atoms with Gasteiger partial charge in [-0.15, -0.1) is 0 Å². The molecule has 2 saturated heterocycles. The van der Waals surface area contributed by atoms with Crippen molar-refractivity contribution in [2.45, 2.75) is 144 Å². The predicted molar refractivity (Wildman–Crippen MR) is 283 cm³/mol. The lowest BCUT2D eigenvalue weighted by atomic mass is 9.94. The van der Waals surface area contributed by atoms with Crippen molar-refractivity contribution in [1.29, 1.82) is 0 Å². The zero-order valence-corrected chi connectivity index (χ0v) is 46.2. The lowest BCUT2D eigenvalue weighted by Crippen LogP contribution is -2.70. The van der Waals surface area contributed by atoms with E-state index in [0.717, 1.165) is 28.4 Å². The summed E-state index contributed by atoms with van der Waals surface area (Å²) >= 11 is 18.6. The van der Waals surface area contributed by atoms with Crippen molar-refractivity contribution in [2.75, 3.05) is 26.9 Å². The summed E-state index contributed by atoms with van der Waals surface area (Å²) in [4.78, 5) is 51.5. The first-order valence-electron chi connectivity index (χ1n) is 24.9. The number of rotatable bonds is 24. The van der Waals surface area contributed by atoms with Gasteiger partial charge in [0.15, 0.2) is 24.8 Å². The Morgan fingerprint density at radius 1 is 0.640 bits per heavy atom. The number of esters is 3. The Kier molecular flexibility index (Phi) is 22.5. The minimum atomic E-state index is -3.31. The van der Waals surface area contributed by atoms with Crippen LogP contribution in [-0.2, 0) is 79.4 Å². The molecule has 2 heterocycles. The van der Waals surface area contributed by atoms with E-state index < -0.39 is 96.3 Å². The van der Waals surface area contributed by atoms with Gasteiger partial charge in [0.25, 0.3) is 18.0 Å². The molecule has 4 aromatic carbocycles. The third kappa shape index (κ3) is 16.5. The average molecular weight is 1120 g/mol. The Morgan fingerprint density at radius 3 is 1.69 bits per heavy atom. The molecule has 2 aliphatic heterocycles. The SMILES string of the molecule is COC(=O)CCCCCO[C@@H]1O[C@H](COCc2ccccc2)[C@@H](O[C@@H]2O[C@H](CO[Si](c3ccccc3)(c3ccccc3)C(C)(C)C)[C@H](OC(C)=O)[C@H](O)[C@H]2OC(C)=O)[C@H](OCc2ccccc2)[C@H]1NC(=O)C(Cl)(Cl)Cl. The number of amides is 1. The molecule has 20 heteroatoms. The van der Waals surface area contributed by atoms with Crippen LogP contribution in [0.4, 0.5) is 0 Å². The van der Waals surface area contributed by atoms with Gasteiger partial charge in [-0.25, -0.2) is 0 Å². The molecule has 75 heavy (non-hydrogen) atoms. The highest BCUT2D eigenvalue weighted by Crippen LogP contribution is 2.39. The molecule has 4 aromatic rings. The van der Waals surface area contributed by atoms with Crippen LogP contribution in [0.15, 0.2) is 121 Å². The Balaban J connectivity index is 1.44. The molecule has 0 radical (unpaired) electrons. The number of hydrogen-bond donors (Lipinski definition) is 2. The van der Waals surface area contributed by atoms with Gasteiger partial charge in [0, 0.05) is 26.9 Å². The van der Waals surface area contributed by atoms with E-state index in [-0.39, 0.29) is 45.4 Å². The molecule has 408 valence electrons. The Morgan fingerprint density at radius 2 is 1.16 bits per heavy atom. The standard InChI is InChI=1S/C55H68Cl3NO15Si/c1-36(60)70-47-43(35-69-75(54(3,4)5,40-26-16-9-17-27-40)41-28-18-10-19-29-41)73-52(50(46(47)63)71-37(2)61)74-48-42(34-66-32-38-22-12-7-13-23-38)72-51(67-31-21-11-20-30-44(62)65-6)45(59-53(64)55(56,57)58)49(48)68-33-39-24-14-8-15-25-39/h7-10,12-19,22-29,42-43,45-52,63H,11,20-21,30-35H2,1-6H3,(H,59,64)/t42-,43-,45-,46+,47+,48-,49-,50-,51-,52+/m1/s1. The summed E-state index contributed by atoms with van der Waals surface area (Å²) in [5.41, 5.74) is 1.59. The number of nitrogens with one attached hydrogen (secondary N) is 1. The van der Waals surface area contributed by atoms with Crippen LogP contribution in [0.5, 0.6) is 0 Å². The molecule has 0 saturated carbocycles. The lowest BCUT2D eigenvalue weighted by Gasteiger charge is -2.50. The number of benzene rings is 4. The Labute approximate surface area is 454 Å². The summed E-state index contributed by atoms with van der Waals surface area (Å²) in [5.74, 6) is -2.93. The van der Waals surface area contributed by atoms with Crippen molar-refractivity contribution < 1.29 is 71.3 Å². The van der Waals surface area contributed by atoms with E-state index in [1.54, 1.807) is 0 Å². The number of methoxy groups -OCH3 is 1. The van der Waals surface area contributed by atoms with E-state index in [2.05, 4.69) is 26.1 Å². The van der Waals surface area contributed by atoms with Gasteiger partial charge in [-0.05, 0) is 39.4 Å². The predicted octanol–water partition coefficient (Wildman–Crippen LogP) is 7.03. The topological polar surface area (TPSA) is 193 Å². The highest BCUT2D eigenvalue weighted by molar-refractivity contribution is 6.99. The normalized spacial score (nSPS) is 24.2. The molecule has 0 spiro atoms. The smallest absolute Gasteiger partial charge is 0.305 e. The molecule has 1 amide bonds. The van der Waals surface area contributed by atoms with Gasteiger partial charge in [0.1, 0.15) is 36.6 Å². The van der Waals surface area contributed by atoms with Gasteiger partial charge >= 0.3 is 17.9 Å². The highest BCUT2D eigenvalue weighted by atomic mass is 35.6. The molecular weight excluding hydrogens is 1050 g/mol. The Bertz CT molecular complexity index is 2360. The molecule has 6 rings (SSSR count). The number of alkyl halides is 3. The number of ether oxygens (including phenoxy) is 9. The van der Waals surface area contributed by atoms with Crippen LogP contribution in [-0.4, -0.2) is 129 Å². The van der Waals surface area contributed by atoms with Crippen LogP contribution in [0.3, 0.4) is 0 Å². The first-order chi connectivity index (χ1) is 35.8. The fourth-order valence-corrected chi connectivity index (χ4v) is 14.1. The van der Waals surface area contributed by atoms with E-state index in [1.807, 2.05) is 121 Å². The molecule has 0 unspecified atom stereocenters. The molecule has 0 bridgehead atoms. The van der Waals surface area contributed by atoms with Crippen molar-refractivity contribution >= 4 is 77.3 Å². The fourth-order valence-electron chi connectivity index (χ4n) is 9.33. The number of hydrogen-bond acceptors (Lipinski definition) is 15. The number of aliphatic hydroxyl groups is 1. The third-order valence-electron chi connectivity index (χ3n) is 12.8. The van der Waals surface area contributed by atoms with E-state index in [4.69, 9.17) is 81.9 Å². The van der Waals surface area contributed by atoms with Gasteiger partial charge in [-0.2, -0.15) is 0 Å². The summed E-state index contributed by atoms with van der Waals surface area (Å²) < 4.78 is 61.3. The summed E-state index contributed by atoms with van der Waals surface area (Å²) in [6, 6.07) is 37.0. The number of carbonyl (C=O) groups excluding carboxylic acids is 4. The number of unbranched alkanes of at least 4 members (excludes halogenated alkanes) is 2. The van der Waals surface area contributed by atoms with E-state index in [0.29, 0.717) is 19.3 Å². The maximum absolute atomic E-state index is 13.8. The van der Waals surface area contributed by atoms with Gasteiger partial charge in [-0.1, -0.05) is 183 Å². The van der Waals surface area contributed by atoms with Crippen molar-refractivity contribution in [3.05, 3.63) is 132 Å². The lowest BCUT2D eigenvalue weighted by molar-refractivity contribution is -0.353. The monoisotopic (exact) mass is 1120 g/mol. The molecule has 2 fully saturated rings. The van der Waals surface area contributed by atoms with Crippen molar-refractivity contribution in [2.24, 2.45) is 0 Å². The second-order valence-corrected chi connectivity index (χ2v) is 25.9. The van der Waals surface area contributed by atoms with Crippen molar-refractivity contribution in [1.82, 2.24) is 5.32 Å². The maximum atomic E-state index is 13.8. The largest absolute Gasteiger partial charge is 0.469 e. The van der Waals surface area contributed by atoms with Crippen molar-refractivity contribution in [3.63, 3.8) is 0 Å². The Hall–Kier alpha value is -4.47. The number of halogens is 3. The van der Waals surface area contributed by atoms with Crippen LogP contribution >= 0.6 is 34.8 Å². The van der Waals surface area contributed by atoms with Gasteiger partial charge in [0.05, 0.1) is 33.5 Å². The third-order valence-corrected chi connectivity index (χ3v) is 18.3. The summed E-state index contributed by atoms with van der Waals surface area (Å²) in [6.45, 7) is 8.41. The zero-order chi connectivity index (χ0) is 54.2. The first kappa shape index (κ1) is 59.8. The second kappa shape index (κ2) is 28.2. The first-order valence-corrected chi connectivity index (χ1v) is 27.9. The quantitative estimate of drug-likeness (QED) is 0.0239. The molecule has 2 aliphatic rings. The molecule has 0 aromatic heterocycles.